The van der Waals surface area contributed by atoms with Crippen LogP contribution in [0.15, 0.2) is 18.2 Å². The van der Waals surface area contributed by atoms with Crippen molar-refractivity contribution in [3.63, 3.8) is 0 Å². The third kappa shape index (κ3) is 6.51. The van der Waals surface area contributed by atoms with E-state index in [1.807, 2.05) is 6.92 Å². The number of hydrogen-bond donors (Lipinski definition) is 3. The van der Waals surface area contributed by atoms with Gasteiger partial charge in [0.05, 0.1) is 36.8 Å². The number of carbonyl (C=O) groups excluding carboxylic acids is 2. The SMILES string of the molecule is CCN(CCN(NC)S(=O)(=O)CCO)c1ccc(N2C[C@H](CNC(C)=O)OC2=O)cc1F. The van der Waals surface area contributed by atoms with Gasteiger partial charge in [-0.1, -0.05) is 0 Å². The number of nitrogens with zero attached hydrogens (tertiary/aromatic N) is 3. The molecule has 1 saturated heterocycles. The zero-order valence-corrected chi connectivity index (χ0v) is 19.2. The molecule has 13 heteroatoms. The highest BCUT2D eigenvalue weighted by Gasteiger charge is 2.33. The number of hydrazine groups is 1. The fourth-order valence-corrected chi connectivity index (χ4v) is 4.38. The van der Waals surface area contributed by atoms with Crippen molar-refractivity contribution in [2.45, 2.75) is 20.0 Å². The van der Waals surface area contributed by atoms with Crippen LogP contribution >= 0.6 is 0 Å². The van der Waals surface area contributed by atoms with E-state index in [1.54, 1.807) is 11.0 Å². The summed E-state index contributed by atoms with van der Waals surface area (Å²) in [4.78, 5) is 26.1. The third-order valence-electron chi connectivity index (χ3n) is 4.93. The maximum Gasteiger partial charge on any atom is 0.414 e. The molecule has 2 rings (SSSR count). The van der Waals surface area contributed by atoms with Gasteiger partial charge in [-0.2, -0.15) is 0 Å². The smallest absolute Gasteiger partial charge is 0.414 e. The van der Waals surface area contributed by atoms with Gasteiger partial charge in [0, 0.05) is 26.6 Å². The van der Waals surface area contributed by atoms with Crippen LogP contribution in [-0.2, 0) is 19.6 Å². The molecule has 1 aromatic carbocycles. The summed E-state index contributed by atoms with van der Waals surface area (Å²) in [6, 6.07) is 4.33. The molecule has 1 aliphatic rings. The highest BCUT2D eigenvalue weighted by Crippen LogP contribution is 2.28. The fourth-order valence-electron chi connectivity index (χ4n) is 3.29. The van der Waals surface area contributed by atoms with Crippen molar-refractivity contribution >= 4 is 33.4 Å². The van der Waals surface area contributed by atoms with E-state index in [0.717, 1.165) is 4.41 Å². The van der Waals surface area contributed by atoms with Gasteiger partial charge in [0.15, 0.2) is 0 Å². The van der Waals surface area contributed by atoms with Gasteiger partial charge in [0.1, 0.15) is 11.9 Å². The van der Waals surface area contributed by atoms with Crippen LogP contribution in [-0.4, -0.2) is 88.2 Å². The van der Waals surface area contributed by atoms with E-state index in [1.165, 1.54) is 31.0 Å². The Kier molecular flexibility index (Phi) is 9.19. The van der Waals surface area contributed by atoms with Crippen LogP contribution in [0, 0.1) is 5.82 Å². The standard InChI is InChI=1S/C19H30FN5O6S/c1-4-23(7-8-25(21-3)32(29,30)10-9-26)18-6-5-15(11-17(18)20)24-13-16(31-19(24)28)12-22-14(2)27/h5-6,11,16,21,26H,4,7-10,12-13H2,1-3H3,(H,22,27)/t16-/m0/s1. The minimum atomic E-state index is -3.69. The Labute approximate surface area is 187 Å². The van der Waals surface area contributed by atoms with Gasteiger partial charge in [0.25, 0.3) is 0 Å². The highest BCUT2D eigenvalue weighted by atomic mass is 32.2. The third-order valence-corrected chi connectivity index (χ3v) is 6.66. The molecule has 0 unspecified atom stereocenters. The van der Waals surface area contributed by atoms with Gasteiger partial charge >= 0.3 is 6.09 Å². The minimum absolute atomic E-state index is 0.0388. The number of carbonyl (C=O) groups is 2. The molecule has 0 radical (unpaired) electrons. The average Bonchev–Trinajstić information content (AvgIpc) is 3.10. The van der Waals surface area contributed by atoms with Crippen LogP contribution in [0.2, 0.25) is 0 Å². The van der Waals surface area contributed by atoms with E-state index in [-0.39, 0.29) is 37.8 Å². The topological polar surface area (TPSA) is 132 Å². The van der Waals surface area contributed by atoms with E-state index in [2.05, 4.69) is 10.7 Å². The van der Waals surface area contributed by atoms with Gasteiger partial charge in [-0.3, -0.25) is 9.69 Å². The van der Waals surface area contributed by atoms with Crippen molar-refractivity contribution in [3.05, 3.63) is 24.0 Å². The fraction of sp³-hybridized carbons (Fsp3) is 0.579. The van der Waals surface area contributed by atoms with E-state index in [4.69, 9.17) is 9.84 Å². The summed E-state index contributed by atoms with van der Waals surface area (Å²) < 4.78 is 45.4. The molecule has 1 heterocycles. The highest BCUT2D eigenvalue weighted by molar-refractivity contribution is 7.89. The Bertz CT molecular complexity index is 915. The molecular weight excluding hydrogens is 445 g/mol. The maximum absolute atomic E-state index is 14.9. The molecule has 1 aliphatic heterocycles. The zero-order valence-electron chi connectivity index (χ0n) is 18.4. The molecule has 32 heavy (non-hydrogen) atoms. The molecule has 3 N–H and O–H groups in total. The number of aliphatic hydroxyl groups is 1. The lowest BCUT2D eigenvalue weighted by Crippen LogP contribution is -2.46. The first-order chi connectivity index (χ1) is 15.1. The summed E-state index contributed by atoms with van der Waals surface area (Å²) in [5.41, 5.74) is 3.15. The number of ether oxygens (including phenoxy) is 1. The van der Waals surface area contributed by atoms with Crippen LogP contribution < -0.4 is 20.5 Å². The number of benzene rings is 1. The second-order valence-electron chi connectivity index (χ2n) is 7.10. The Balaban J connectivity index is 2.09. The first-order valence-corrected chi connectivity index (χ1v) is 11.8. The zero-order chi connectivity index (χ0) is 23.9. The largest absolute Gasteiger partial charge is 0.442 e. The van der Waals surface area contributed by atoms with Crippen molar-refractivity contribution in [2.24, 2.45) is 0 Å². The number of anilines is 2. The average molecular weight is 476 g/mol. The van der Waals surface area contributed by atoms with Gasteiger partial charge in [0.2, 0.25) is 15.9 Å². The van der Waals surface area contributed by atoms with Crippen molar-refractivity contribution in [1.82, 2.24) is 15.2 Å². The first kappa shape index (κ1) is 25.8. The molecule has 180 valence electrons. The molecule has 1 fully saturated rings. The number of sulfonamides is 1. The Morgan fingerprint density at radius 3 is 2.66 bits per heavy atom. The van der Waals surface area contributed by atoms with Crippen molar-refractivity contribution < 1.29 is 32.2 Å². The lowest BCUT2D eigenvalue weighted by molar-refractivity contribution is -0.119. The Hall–Kier alpha value is -2.48. The van der Waals surface area contributed by atoms with Crippen LogP contribution in [0.3, 0.4) is 0 Å². The summed E-state index contributed by atoms with van der Waals surface area (Å²) in [6.07, 6.45) is -1.16. The molecule has 0 bridgehead atoms. The first-order valence-electron chi connectivity index (χ1n) is 10.2. The van der Waals surface area contributed by atoms with Crippen LogP contribution in [0.25, 0.3) is 0 Å². The summed E-state index contributed by atoms with van der Waals surface area (Å²) in [6.45, 7) is 3.67. The van der Waals surface area contributed by atoms with Crippen molar-refractivity contribution in [3.8, 4) is 0 Å². The molecule has 1 aromatic rings. The van der Waals surface area contributed by atoms with Gasteiger partial charge < -0.3 is 20.1 Å². The molecule has 0 aliphatic carbocycles. The Morgan fingerprint density at radius 2 is 2.09 bits per heavy atom. The van der Waals surface area contributed by atoms with E-state index < -0.39 is 40.4 Å². The molecule has 11 nitrogen and oxygen atoms in total. The number of aliphatic hydroxyl groups excluding tert-OH is 1. The van der Waals surface area contributed by atoms with Gasteiger partial charge in [-0.15, -0.1) is 4.41 Å². The van der Waals surface area contributed by atoms with E-state index >= 15 is 0 Å². The van der Waals surface area contributed by atoms with E-state index in [0.29, 0.717) is 12.2 Å². The van der Waals surface area contributed by atoms with Crippen LogP contribution in [0.4, 0.5) is 20.6 Å². The number of rotatable bonds is 12. The summed E-state index contributed by atoms with van der Waals surface area (Å²) in [5, 5.41) is 11.5. The number of likely N-dealkylation sites (N-methyl/N-ethyl adjacent to an activating group) is 1. The van der Waals surface area contributed by atoms with Crippen LogP contribution in [0.5, 0.6) is 0 Å². The normalized spacial score (nSPS) is 16.4. The molecule has 0 saturated carbocycles. The van der Waals surface area contributed by atoms with Gasteiger partial charge in [-0.25, -0.2) is 23.0 Å². The van der Waals surface area contributed by atoms with Crippen molar-refractivity contribution in [1.29, 1.82) is 0 Å². The molecule has 2 amide bonds. The summed E-state index contributed by atoms with van der Waals surface area (Å²) in [5.74, 6) is -1.23. The minimum Gasteiger partial charge on any atom is -0.442 e. The number of halogens is 1. The number of cyclic esters (lactones) is 1. The second-order valence-corrected chi connectivity index (χ2v) is 9.12. The van der Waals surface area contributed by atoms with Crippen molar-refractivity contribution in [2.75, 3.05) is 61.9 Å². The number of nitrogens with one attached hydrogen (secondary N) is 2. The van der Waals surface area contributed by atoms with E-state index in [9.17, 15) is 22.4 Å². The molecule has 1 atom stereocenters. The molecule has 0 spiro atoms. The maximum atomic E-state index is 14.9. The quantitative estimate of drug-likeness (QED) is 0.357. The van der Waals surface area contributed by atoms with Gasteiger partial charge in [-0.05, 0) is 32.2 Å². The predicted molar refractivity (Wildman–Crippen MR) is 117 cm³/mol. The lowest BCUT2D eigenvalue weighted by Gasteiger charge is -2.28. The lowest BCUT2D eigenvalue weighted by atomic mass is 10.2. The number of amides is 2. The summed E-state index contributed by atoms with van der Waals surface area (Å²) in [7, 11) is -2.24. The molecular formula is C19H30FN5O6S. The number of hydrogen-bond acceptors (Lipinski definition) is 8. The second kappa shape index (κ2) is 11.4. The summed E-state index contributed by atoms with van der Waals surface area (Å²) >= 11 is 0. The Morgan fingerprint density at radius 1 is 1.38 bits per heavy atom. The molecule has 0 aromatic heterocycles. The monoisotopic (exact) mass is 475 g/mol. The predicted octanol–water partition coefficient (Wildman–Crippen LogP) is -0.128. The van der Waals surface area contributed by atoms with Crippen LogP contribution in [0.1, 0.15) is 13.8 Å².